The van der Waals surface area contributed by atoms with Gasteiger partial charge in [-0.25, -0.2) is 0 Å². The molecule has 1 aliphatic rings. The Balaban J connectivity index is 1.54. The molecule has 4 heteroatoms. The van der Waals surface area contributed by atoms with Crippen LogP contribution in [0.15, 0.2) is 30.3 Å². The number of esters is 1. The molecule has 0 saturated carbocycles. The van der Waals surface area contributed by atoms with Crippen molar-refractivity contribution in [2.75, 3.05) is 31.6 Å². The van der Waals surface area contributed by atoms with E-state index in [1.54, 1.807) is 0 Å². The molecule has 1 aliphatic heterocycles. The fourth-order valence-electron chi connectivity index (χ4n) is 2.94. The first-order valence-electron chi connectivity index (χ1n) is 8.47. The summed E-state index contributed by atoms with van der Waals surface area (Å²) in [7, 11) is 0. The van der Waals surface area contributed by atoms with Gasteiger partial charge in [-0.3, -0.25) is 4.79 Å². The van der Waals surface area contributed by atoms with Crippen LogP contribution in [0.2, 0.25) is 0 Å². The van der Waals surface area contributed by atoms with E-state index in [0.29, 0.717) is 19.1 Å². The molecule has 22 heavy (non-hydrogen) atoms. The SMILES string of the molecule is CCOC(=O)CCCCCN1CCC(Nc2ccccc2)C1. The molecule has 122 valence electrons. The number of anilines is 1. The molecule has 4 nitrogen and oxygen atoms in total. The van der Waals surface area contributed by atoms with Crippen LogP contribution in [0, 0.1) is 0 Å². The zero-order valence-electron chi connectivity index (χ0n) is 13.6. The molecule has 1 atom stereocenters. The number of hydrogen-bond acceptors (Lipinski definition) is 4. The van der Waals surface area contributed by atoms with Crippen molar-refractivity contribution in [1.82, 2.24) is 4.90 Å². The maximum absolute atomic E-state index is 11.2. The van der Waals surface area contributed by atoms with E-state index in [9.17, 15) is 4.79 Å². The van der Waals surface area contributed by atoms with Crippen molar-refractivity contribution in [3.63, 3.8) is 0 Å². The molecule has 1 aromatic rings. The molecular formula is C18H28N2O2. The van der Waals surface area contributed by atoms with E-state index in [1.807, 2.05) is 13.0 Å². The number of nitrogens with one attached hydrogen (secondary N) is 1. The third-order valence-electron chi connectivity index (χ3n) is 4.08. The normalized spacial score (nSPS) is 18.3. The largest absolute Gasteiger partial charge is 0.466 e. The molecule has 0 spiro atoms. The summed E-state index contributed by atoms with van der Waals surface area (Å²) in [5, 5.41) is 3.60. The topological polar surface area (TPSA) is 41.6 Å². The molecule has 1 unspecified atom stereocenters. The first-order chi connectivity index (χ1) is 10.8. The van der Waals surface area contributed by atoms with Gasteiger partial charge in [0.2, 0.25) is 0 Å². The van der Waals surface area contributed by atoms with Gasteiger partial charge in [-0.1, -0.05) is 24.6 Å². The second-order valence-electron chi connectivity index (χ2n) is 5.91. The molecule has 0 bridgehead atoms. The zero-order chi connectivity index (χ0) is 15.6. The molecule has 0 radical (unpaired) electrons. The first kappa shape index (κ1) is 16.8. The number of benzene rings is 1. The van der Waals surface area contributed by atoms with E-state index in [2.05, 4.69) is 34.5 Å². The van der Waals surface area contributed by atoms with Crippen molar-refractivity contribution in [1.29, 1.82) is 0 Å². The van der Waals surface area contributed by atoms with Gasteiger partial charge in [-0.15, -0.1) is 0 Å². The fourth-order valence-corrected chi connectivity index (χ4v) is 2.94. The predicted molar refractivity (Wildman–Crippen MR) is 90.0 cm³/mol. The molecule has 1 heterocycles. The molecular weight excluding hydrogens is 276 g/mol. The van der Waals surface area contributed by atoms with Gasteiger partial charge >= 0.3 is 5.97 Å². The highest BCUT2D eigenvalue weighted by molar-refractivity contribution is 5.69. The van der Waals surface area contributed by atoms with Gasteiger partial charge in [0.1, 0.15) is 0 Å². The van der Waals surface area contributed by atoms with Crippen LogP contribution < -0.4 is 5.32 Å². The molecule has 1 saturated heterocycles. The number of likely N-dealkylation sites (tertiary alicyclic amines) is 1. The molecule has 1 fully saturated rings. The summed E-state index contributed by atoms with van der Waals surface area (Å²) in [6.45, 7) is 5.76. The Morgan fingerprint density at radius 1 is 1.27 bits per heavy atom. The number of hydrogen-bond donors (Lipinski definition) is 1. The molecule has 0 aromatic heterocycles. The number of carbonyl (C=O) groups excluding carboxylic acids is 1. The highest BCUT2D eigenvalue weighted by atomic mass is 16.5. The lowest BCUT2D eigenvalue weighted by molar-refractivity contribution is -0.143. The van der Waals surface area contributed by atoms with Gasteiger partial charge in [-0.2, -0.15) is 0 Å². The predicted octanol–water partition coefficient (Wildman–Crippen LogP) is 3.30. The van der Waals surface area contributed by atoms with E-state index in [1.165, 1.54) is 18.7 Å². The van der Waals surface area contributed by atoms with Gasteiger partial charge < -0.3 is 15.0 Å². The van der Waals surface area contributed by atoms with E-state index in [-0.39, 0.29) is 5.97 Å². The van der Waals surface area contributed by atoms with Crippen LogP contribution in [-0.4, -0.2) is 43.2 Å². The summed E-state index contributed by atoms with van der Waals surface area (Å²) in [6.07, 6.45) is 4.98. The van der Waals surface area contributed by atoms with Crippen LogP contribution in [0.25, 0.3) is 0 Å². The minimum atomic E-state index is -0.0594. The summed E-state index contributed by atoms with van der Waals surface area (Å²) >= 11 is 0. The highest BCUT2D eigenvalue weighted by Gasteiger charge is 2.21. The Morgan fingerprint density at radius 2 is 2.09 bits per heavy atom. The zero-order valence-corrected chi connectivity index (χ0v) is 13.6. The lowest BCUT2D eigenvalue weighted by Gasteiger charge is -2.17. The highest BCUT2D eigenvalue weighted by Crippen LogP contribution is 2.16. The average molecular weight is 304 g/mol. The lowest BCUT2D eigenvalue weighted by Crippen LogP contribution is -2.27. The first-order valence-corrected chi connectivity index (χ1v) is 8.47. The smallest absolute Gasteiger partial charge is 0.305 e. The Labute approximate surface area is 133 Å². The van der Waals surface area contributed by atoms with Crippen molar-refractivity contribution >= 4 is 11.7 Å². The summed E-state index contributed by atoms with van der Waals surface area (Å²) in [6, 6.07) is 11.0. The van der Waals surface area contributed by atoms with Crippen LogP contribution >= 0.6 is 0 Å². The number of para-hydroxylation sites is 1. The summed E-state index contributed by atoms with van der Waals surface area (Å²) < 4.78 is 4.93. The Morgan fingerprint density at radius 3 is 2.86 bits per heavy atom. The van der Waals surface area contributed by atoms with E-state index in [0.717, 1.165) is 32.4 Å². The second-order valence-corrected chi connectivity index (χ2v) is 5.91. The summed E-state index contributed by atoms with van der Waals surface area (Å²) in [5.74, 6) is -0.0594. The Hall–Kier alpha value is -1.55. The van der Waals surface area contributed by atoms with Crippen molar-refractivity contribution in [3.8, 4) is 0 Å². The van der Waals surface area contributed by atoms with Crippen LogP contribution in [0.5, 0.6) is 0 Å². The Bertz CT molecular complexity index is 436. The average Bonchev–Trinajstić information content (AvgIpc) is 2.96. The molecule has 0 aliphatic carbocycles. The maximum atomic E-state index is 11.2. The number of ether oxygens (including phenoxy) is 1. The van der Waals surface area contributed by atoms with Crippen molar-refractivity contribution in [2.45, 2.75) is 45.1 Å². The Kier molecular flexibility index (Phi) is 7.23. The third kappa shape index (κ3) is 6.06. The summed E-state index contributed by atoms with van der Waals surface area (Å²) in [4.78, 5) is 13.8. The van der Waals surface area contributed by atoms with Crippen molar-refractivity contribution < 1.29 is 9.53 Å². The third-order valence-corrected chi connectivity index (χ3v) is 4.08. The van der Waals surface area contributed by atoms with Crippen molar-refractivity contribution in [2.24, 2.45) is 0 Å². The van der Waals surface area contributed by atoms with Gasteiger partial charge in [0.25, 0.3) is 0 Å². The van der Waals surface area contributed by atoms with Gasteiger partial charge in [0, 0.05) is 31.2 Å². The van der Waals surface area contributed by atoms with Gasteiger partial charge in [0.15, 0.2) is 0 Å². The van der Waals surface area contributed by atoms with Gasteiger partial charge in [0.05, 0.1) is 6.61 Å². The van der Waals surface area contributed by atoms with Crippen LogP contribution in [-0.2, 0) is 9.53 Å². The maximum Gasteiger partial charge on any atom is 0.305 e. The summed E-state index contributed by atoms with van der Waals surface area (Å²) in [5.41, 5.74) is 1.21. The van der Waals surface area contributed by atoms with Crippen molar-refractivity contribution in [3.05, 3.63) is 30.3 Å². The second kappa shape index (κ2) is 9.46. The number of rotatable bonds is 9. The lowest BCUT2D eigenvalue weighted by atomic mass is 10.2. The molecule has 2 rings (SSSR count). The van der Waals surface area contributed by atoms with E-state index in [4.69, 9.17) is 4.74 Å². The molecule has 1 aromatic carbocycles. The quantitative estimate of drug-likeness (QED) is 0.561. The van der Waals surface area contributed by atoms with Gasteiger partial charge in [-0.05, 0) is 44.9 Å². The molecule has 0 amide bonds. The molecule has 1 N–H and O–H groups in total. The van der Waals surface area contributed by atoms with E-state index >= 15 is 0 Å². The van der Waals surface area contributed by atoms with E-state index < -0.39 is 0 Å². The van der Waals surface area contributed by atoms with Crippen LogP contribution in [0.1, 0.15) is 39.0 Å². The monoisotopic (exact) mass is 304 g/mol. The number of unbranched alkanes of at least 4 members (excludes halogenated alkanes) is 2. The van der Waals surface area contributed by atoms with Crippen LogP contribution in [0.4, 0.5) is 5.69 Å². The standard InChI is InChI=1S/C18H28N2O2/c1-2-22-18(21)11-7-4-8-13-20-14-12-17(15-20)19-16-9-5-3-6-10-16/h3,5-6,9-10,17,19H,2,4,7-8,11-15H2,1H3. The minimum Gasteiger partial charge on any atom is -0.466 e. The minimum absolute atomic E-state index is 0.0594. The number of carbonyl (C=O) groups is 1. The fraction of sp³-hybridized carbons (Fsp3) is 0.611. The number of nitrogens with zero attached hydrogens (tertiary/aromatic N) is 1. The van der Waals surface area contributed by atoms with Crippen LogP contribution in [0.3, 0.4) is 0 Å².